The molecule has 1 amide bonds. The minimum atomic E-state index is -4.81. The van der Waals surface area contributed by atoms with Crippen molar-refractivity contribution in [2.24, 2.45) is 0 Å². The van der Waals surface area contributed by atoms with Crippen LogP contribution in [0.1, 0.15) is 11.6 Å². The largest absolute Gasteiger partial charge is 0.573 e. The van der Waals surface area contributed by atoms with Crippen LogP contribution in [0.25, 0.3) is 0 Å². The molecule has 0 saturated carbocycles. The van der Waals surface area contributed by atoms with Gasteiger partial charge in [-0.3, -0.25) is 4.79 Å². The molecule has 1 atom stereocenters. The van der Waals surface area contributed by atoms with Crippen molar-refractivity contribution in [3.63, 3.8) is 0 Å². The minimum Gasteiger partial charge on any atom is -0.405 e. The molecule has 0 aliphatic carbocycles. The molecule has 4 nitrogen and oxygen atoms in total. The number of para-hydroxylation sites is 1. The van der Waals surface area contributed by atoms with Crippen molar-refractivity contribution < 1.29 is 22.7 Å². The molecule has 2 rings (SSSR count). The zero-order chi connectivity index (χ0) is 13.3. The van der Waals surface area contributed by atoms with E-state index in [1.807, 2.05) is 0 Å². The Bertz CT molecular complexity index is 504. The topological polar surface area (TPSA) is 50.4 Å². The first-order valence-electron chi connectivity index (χ1n) is 4.83. The van der Waals surface area contributed by atoms with E-state index in [-0.39, 0.29) is 10.7 Å². The lowest BCUT2D eigenvalue weighted by atomic mass is 10.1. The molecular weight excluding hydrogens is 269 g/mol. The lowest BCUT2D eigenvalue weighted by Gasteiger charge is -2.15. The Hall–Kier alpha value is -1.83. The Morgan fingerprint density at radius 2 is 1.94 bits per heavy atom. The van der Waals surface area contributed by atoms with Gasteiger partial charge in [0.15, 0.2) is 5.11 Å². The number of hydrogen-bond acceptors (Lipinski definition) is 3. The highest BCUT2D eigenvalue weighted by molar-refractivity contribution is 7.80. The van der Waals surface area contributed by atoms with Crippen LogP contribution in [0.15, 0.2) is 24.3 Å². The van der Waals surface area contributed by atoms with E-state index >= 15 is 0 Å². The molecule has 96 valence electrons. The first-order chi connectivity index (χ1) is 8.37. The molecule has 0 aromatic heterocycles. The number of ether oxygens (including phenoxy) is 1. The highest BCUT2D eigenvalue weighted by Crippen LogP contribution is 2.31. The van der Waals surface area contributed by atoms with Gasteiger partial charge in [0.05, 0.1) is 0 Å². The smallest absolute Gasteiger partial charge is 0.405 e. The van der Waals surface area contributed by atoms with Gasteiger partial charge in [0.1, 0.15) is 11.8 Å². The monoisotopic (exact) mass is 276 g/mol. The molecule has 1 saturated heterocycles. The van der Waals surface area contributed by atoms with Gasteiger partial charge in [0, 0.05) is 5.56 Å². The number of benzene rings is 1. The molecule has 1 heterocycles. The average molecular weight is 276 g/mol. The number of hydrogen-bond donors (Lipinski definition) is 2. The van der Waals surface area contributed by atoms with E-state index in [4.69, 9.17) is 12.2 Å². The summed E-state index contributed by atoms with van der Waals surface area (Å²) in [6, 6.07) is 4.42. The lowest BCUT2D eigenvalue weighted by Crippen LogP contribution is -2.23. The molecule has 0 radical (unpaired) electrons. The van der Waals surface area contributed by atoms with Crippen molar-refractivity contribution in [3.05, 3.63) is 29.8 Å². The third-order valence-corrected chi connectivity index (χ3v) is 2.45. The highest BCUT2D eigenvalue weighted by atomic mass is 32.1. The first kappa shape index (κ1) is 12.6. The van der Waals surface area contributed by atoms with Crippen LogP contribution in [-0.4, -0.2) is 17.4 Å². The second kappa shape index (κ2) is 4.45. The number of alkyl halides is 3. The fourth-order valence-corrected chi connectivity index (χ4v) is 1.79. The van der Waals surface area contributed by atoms with E-state index < -0.39 is 24.1 Å². The quantitative estimate of drug-likeness (QED) is 0.806. The van der Waals surface area contributed by atoms with Gasteiger partial charge in [-0.05, 0) is 18.3 Å². The second-order valence-corrected chi connectivity index (χ2v) is 3.89. The summed E-state index contributed by atoms with van der Waals surface area (Å²) in [6.45, 7) is 0. The van der Waals surface area contributed by atoms with Crippen LogP contribution in [0.4, 0.5) is 13.2 Å². The predicted molar refractivity (Wildman–Crippen MR) is 59.7 cm³/mol. The van der Waals surface area contributed by atoms with E-state index in [1.165, 1.54) is 18.2 Å². The number of carbonyl (C=O) groups excluding carboxylic acids is 1. The Kier molecular flexibility index (Phi) is 3.12. The third-order valence-electron chi connectivity index (χ3n) is 2.23. The van der Waals surface area contributed by atoms with E-state index in [1.54, 1.807) is 0 Å². The Balaban J connectivity index is 2.33. The molecule has 0 spiro atoms. The molecule has 8 heteroatoms. The number of thiocarbonyl (C=S) groups is 1. The maximum Gasteiger partial charge on any atom is 0.573 e. The van der Waals surface area contributed by atoms with Gasteiger partial charge in [0.2, 0.25) is 0 Å². The molecular formula is C10H7F3N2O2S. The number of nitrogens with one attached hydrogen (secondary N) is 2. The first-order valence-corrected chi connectivity index (χ1v) is 5.24. The Labute approximate surface area is 105 Å². The molecule has 2 N–H and O–H groups in total. The zero-order valence-electron chi connectivity index (χ0n) is 8.75. The summed E-state index contributed by atoms with van der Waals surface area (Å²) in [7, 11) is 0. The van der Waals surface area contributed by atoms with Gasteiger partial charge in [0.25, 0.3) is 5.91 Å². The van der Waals surface area contributed by atoms with Gasteiger partial charge in [-0.15, -0.1) is 13.2 Å². The van der Waals surface area contributed by atoms with E-state index in [9.17, 15) is 18.0 Å². The van der Waals surface area contributed by atoms with Crippen LogP contribution in [-0.2, 0) is 4.79 Å². The van der Waals surface area contributed by atoms with E-state index in [0.29, 0.717) is 0 Å². The SMILES string of the molecule is O=C1NC(=S)NC1c1ccccc1OC(F)(F)F. The highest BCUT2D eigenvalue weighted by Gasteiger charge is 2.36. The van der Waals surface area contributed by atoms with Gasteiger partial charge in [-0.25, -0.2) is 0 Å². The van der Waals surface area contributed by atoms with Gasteiger partial charge in [-0.2, -0.15) is 0 Å². The van der Waals surface area contributed by atoms with Crippen LogP contribution in [0.2, 0.25) is 0 Å². The minimum absolute atomic E-state index is 0.0758. The zero-order valence-corrected chi connectivity index (χ0v) is 9.56. The number of rotatable bonds is 2. The fourth-order valence-electron chi connectivity index (χ4n) is 1.57. The molecule has 0 bridgehead atoms. The van der Waals surface area contributed by atoms with Crippen LogP contribution in [0, 0.1) is 0 Å². The van der Waals surface area contributed by atoms with Gasteiger partial charge in [-0.1, -0.05) is 18.2 Å². The number of halogens is 3. The van der Waals surface area contributed by atoms with Crippen molar-refractivity contribution >= 4 is 23.2 Å². The average Bonchev–Trinajstić information content (AvgIpc) is 2.56. The number of amides is 1. The molecule has 1 aromatic carbocycles. The summed E-state index contributed by atoms with van der Waals surface area (Å²) in [6.07, 6.45) is -4.81. The number of carbonyl (C=O) groups is 1. The molecule has 1 aromatic rings. The second-order valence-electron chi connectivity index (χ2n) is 3.48. The van der Waals surface area contributed by atoms with Crippen molar-refractivity contribution in [1.82, 2.24) is 10.6 Å². The third kappa shape index (κ3) is 2.70. The van der Waals surface area contributed by atoms with Crippen molar-refractivity contribution in [1.29, 1.82) is 0 Å². The normalized spacial score (nSPS) is 19.4. The summed E-state index contributed by atoms with van der Waals surface area (Å²) in [5, 5.41) is 4.95. The van der Waals surface area contributed by atoms with Crippen molar-refractivity contribution in [3.8, 4) is 5.75 Å². The van der Waals surface area contributed by atoms with Crippen LogP contribution >= 0.6 is 12.2 Å². The summed E-state index contributed by atoms with van der Waals surface area (Å²) in [4.78, 5) is 11.5. The predicted octanol–water partition coefficient (Wildman–Crippen LogP) is 1.63. The summed E-state index contributed by atoms with van der Waals surface area (Å²) < 4.78 is 40.5. The van der Waals surface area contributed by atoms with Crippen molar-refractivity contribution in [2.45, 2.75) is 12.4 Å². The van der Waals surface area contributed by atoms with E-state index in [2.05, 4.69) is 15.4 Å². The Morgan fingerprint density at radius 1 is 1.28 bits per heavy atom. The molecule has 1 fully saturated rings. The summed E-state index contributed by atoms with van der Waals surface area (Å²) in [5.41, 5.74) is 0.0761. The molecule has 1 aliphatic rings. The molecule has 18 heavy (non-hydrogen) atoms. The van der Waals surface area contributed by atoms with Crippen LogP contribution in [0.3, 0.4) is 0 Å². The summed E-state index contributed by atoms with van der Waals surface area (Å²) in [5.74, 6) is -0.944. The lowest BCUT2D eigenvalue weighted by molar-refractivity contribution is -0.275. The van der Waals surface area contributed by atoms with Crippen LogP contribution < -0.4 is 15.4 Å². The van der Waals surface area contributed by atoms with Gasteiger partial charge < -0.3 is 15.4 Å². The van der Waals surface area contributed by atoms with Crippen LogP contribution in [0.5, 0.6) is 5.75 Å². The fraction of sp³-hybridized carbons (Fsp3) is 0.200. The van der Waals surface area contributed by atoms with Gasteiger partial charge >= 0.3 is 6.36 Å². The molecule has 1 unspecified atom stereocenters. The molecule has 1 aliphatic heterocycles. The standard InChI is InChI=1S/C10H7F3N2O2S/c11-10(12,13)17-6-4-2-1-3-5(6)7-8(16)15-9(18)14-7/h1-4,7H,(H2,14,15,16,18). The van der Waals surface area contributed by atoms with E-state index in [0.717, 1.165) is 6.07 Å². The maximum absolute atomic E-state index is 12.2. The van der Waals surface area contributed by atoms with Crippen molar-refractivity contribution in [2.75, 3.05) is 0 Å². The summed E-state index contributed by atoms with van der Waals surface area (Å²) >= 11 is 4.72. The Morgan fingerprint density at radius 3 is 2.50 bits per heavy atom. The maximum atomic E-state index is 12.2.